The van der Waals surface area contributed by atoms with Crippen molar-refractivity contribution >= 4 is 21.7 Å². The van der Waals surface area contributed by atoms with Crippen LogP contribution in [0.2, 0.25) is 0 Å². The second-order valence-electron chi connectivity index (χ2n) is 4.45. The Balaban J connectivity index is 2.19. The summed E-state index contributed by atoms with van der Waals surface area (Å²) in [4.78, 5) is 0. The first-order valence-corrected chi connectivity index (χ1v) is 6.92. The Bertz CT molecular complexity index is 514. The number of nitrogens with zero attached hydrogens (tertiary/aromatic N) is 2. The molecule has 0 aliphatic rings. The van der Waals surface area contributed by atoms with Crippen LogP contribution in [0.4, 0.5) is 5.82 Å². The number of benzene rings is 1. The SMILES string of the molecule is CCC(Nc1cc(C)n(C)n1)c1cccc(Br)c1. The van der Waals surface area contributed by atoms with Crippen molar-refractivity contribution in [1.29, 1.82) is 0 Å². The summed E-state index contributed by atoms with van der Waals surface area (Å²) < 4.78 is 2.99. The van der Waals surface area contributed by atoms with E-state index >= 15 is 0 Å². The maximum absolute atomic E-state index is 4.44. The van der Waals surface area contributed by atoms with Crippen LogP contribution < -0.4 is 5.32 Å². The molecule has 1 atom stereocenters. The fourth-order valence-corrected chi connectivity index (χ4v) is 2.37. The predicted molar refractivity (Wildman–Crippen MR) is 78.7 cm³/mol. The van der Waals surface area contributed by atoms with Crippen LogP contribution >= 0.6 is 15.9 Å². The number of rotatable bonds is 4. The van der Waals surface area contributed by atoms with E-state index in [1.165, 1.54) is 5.56 Å². The monoisotopic (exact) mass is 307 g/mol. The molecule has 0 aliphatic carbocycles. The molecule has 0 aliphatic heterocycles. The zero-order valence-corrected chi connectivity index (χ0v) is 12.5. The Hall–Kier alpha value is -1.29. The third-order valence-electron chi connectivity index (χ3n) is 3.10. The fourth-order valence-electron chi connectivity index (χ4n) is 1.95. The summed E-state index contributed by atoms with van der Waals surface area (Å²) >= 11 is 3.51. The van der Waals surface area contributed by atoms with E-state index in [-0.39, 0.29) is 6.04 Å². The Kier molecular flexibility index (Phi) is 4.07. The quantitative estimate of drug-likeness (QED) is 0.923. The van der Waals surface area contributed by atoms with Gasteiger partial charge >= 0.3 is 0 Å². The van der Waals surface area contributed by atoms with Crippen LogP contribution in [0.1, 0.15) is 30.6 Å². The molecule has 0 fully saturated rings. The molecule has 2 aromatic rings. The molecule has 3 nitrogen and oxygen atoms in total. The van der Waals surface area contributed by atoms with Gasteiger partial charge in [0.2, 0.25) is 0 Å². The van der Waals surface area contributed by atoms with Crippen LogP contribution in [0, 0.1) is 6.92 Å². The summed E-state index contributed by atoms with van der Waals surface area (Å²) in [7, 11) is 1.96. The van der Waals surface area contributed by atoms with Gasteiger partial charge in [-0.1, -0.05) is 35.0 Å². The highest BCUT2D eigenvalue weighted by Gasteiger charge is 2.11. The van der Waals surface area contributed by atoms with Crippen LogP contribution in [0.25, 0.3) is 0 Å². The molecule has 1 unspecified atom stereocenters. The third-order valence-corrected chi connectivity index (χ3v) is 3.59. The number of halogens is 1. The first-order chi connectivity index (χ1) is 8.60. The summed E-state index contributed by atoms with van der Waals surface area (Å²) in [5.41, 5.74) is 2.43. The van der Waals surface area contributed by atoms with Gasteiger partial charge in [-0.15, -0.1) is 0 Å². The molecular weight excluding hydrogens is 290 g/mol. The van der Waals surface area contributed by atoms with Gasteiger partial charge in [-0.25, -0.2) is 0 Å². The molecule has 1 heterocycles. The summed E-state index contributed by atoms with van der Waals surface area (Å²) in [5, 5.41) is 7.92. The Morgan fingerprint density at radius 2 is 2.17 bits per heavy atom. The smallest absolute Gasteiger partial charge is 0.148 e. The lowest BCUT2D eigenvalue weighted by atomic mass is 10.0. The molecule has 1 aromatic heterocycles. The van der Waals surface area contributed by atoms with Gasteiger partial charge in [-0.05, 0) is 31.0 Å². The number of hydrogen-bond acceptors (Lipinski definition) is 2. The van der Waals surface area contributed by atoms with Crippen molar-refractivity contribution in [2.45, 2.75) is 26.3 Å². The number of hydrogen-bond donors (Lipinski definition) is 1. The van der Waals surface area contributed by atoms with Gasteiger partial charge in [-0.2, -0.15) is 5.10 Å². The van der Waals surface area contributed by atoms with Crippen molar-refractivity contribution in [1.82, 2.24) is 9.78 Å². The van der Waals surface area contributed by atoms with Crippen molar-refractivity contribution in [3.63, 3.8) is 0 Å². The minimum absolute atomic E-state index is 0.289. The minimum Gasteiger partial charge on any atom is -0.362 e. The maximum atomic E-state index is 4.44. The zero-order chi connectivity index (χ0) is 13.1. The molecule has 0 bridgehead atoms. The average Bonchev–Trinajstić information content (AvgIpc) is 2.65. The van der Waals surface area contributed by atoms with E-state index in [9.17, 15) is 0 Å². The first kappa shape index (κ1) is 13.1. The van der Waals surface area contributed by atoms with E-state index < -0.39 is 0 Å². The summed E-state index contributed by atoms with van der Waals surface area (Å²) in [6, 6.07) is 10.8. The number of aryl methyl sites for hydroxylation is 2. The van der Waals surface area contributed by atoms with E-state index in [2.05, 4.69) is 64.5 Å². The topological polar surface area (TPSA) is 29.9 Å². The van der Waals surface area contributed by atoms with Crippen LogP contribution in [-0.2, 0) is 7.05 Å². The summed E-state index contributed by atoms with van der Waals surface area (Å²) in [6.45, 7) is 4.23. The van der Waals surface area contributed by atoms with E-state index in [1.54, 1.807) is 0 Å². The lowest BCUT2D eigenvalue weighted by molar-refractivity contribution is 0.715. The number of anilines is 1. The van der Waals surface area contributed by atoms with Crippen LogP contribution in [0.15, 0.2) is 34.8 Å². The van der Waals surface area contributed by atoms with Crippen molar-refractivity contribution in [2.24, 2.45) is 7.05 Å². The largest absolute Gasteiger partial charge is 0.362 e. The normalized spacial score (nSPS) is 12.4. The highest BCUT2D eigenvalue weighted by molar-refractivity contribution is 9.10. The van der Waals surface area contributed by atoms with Gasteiger partial charge in [0.05, 0.1) is 6.04 Å². The molecule has 0 saturated carbocycles. The van der Waals surface area contributed by atoms with E-state index in [1.807, 2.05) is 17.8 Å². The van der Waals surface area contributed by atoms with Gasteiger partial charge in [0, 0.05) is 23.3 Å². The van der Waals surface area contributed by atoms with Crippen molar-refractivity contribution < 1.29 is 0 Å². The predicted octanol–water partition coefficient (Wildman–Crippen LogP) is 4.05. The molecule has 0 radical (unpaired) electrons. The molecule has 96 valence electrons. The zero-order valence-electron chi connectivity index (χ0n) is 10.9. The molecular formula is C14H18BrN3. The fraction of sp³-hybridized carbons (Fsp3) is 0.357. The van der Waals surface area contributed by atoms with E-state index in [0.29, 0.717) is 0 Å². The standard InChI is InChI=1S/C14H18BrN3/c1-4-13(11-6-5-7-12(15)9-11)16-14-8-10(2)18(3)17-14/h5-9,13H,4H2,1-3H3,(H,16,17). The molecule has 4 heteroatoms. The average molecular weight is 308 g/mol. The lowest BCUT2D eigenvalue weighted by Crippen LogP contribution is -2.10. The van der Waals surface area contributed by atoms with Crippen molar-refractivity contribution in [2.75, 3.05) is 5.32 Å². The maximum Gasteiger partial charge on any atom is 0.148 e. The Morgan fingerprint density at radius 3 is 2.72 bits per heavy atom. The van der Waals surface area contributed by atoms with E-state index in [4.69, 9.17) is 0 Å². The molecule has 1 N–H and O–H groups in total. The highest BCUT2D eigenvalue weighted by Crippen LogP contribution is 2.24. The van der Waals surface area contributed by atoms with Gasteiger partial charge in [0.15, 0.2) is 0 Å². The molecule has 18 heavy (non-hydrogen) atoms. The van der Waals surface area contributed by atoms with Gasteiger partial charge < -0.3 is 5.32 Å². The second-order valence-corrected chi connectivity index (χ2v) is 5.37. The number of aromatic nitrogens is 2. The van der Waals surface area contributed by atoms with Crippen LogP contribution in [-0.4, -0.2) is 9.78 Å². The second kappa shape index (κ2) is 5.57. The van der Waals surface area contributed by atoms with Gasteiger partial charge in [0.1, 0.15) is 5.82 Å². The number of nitrogens with one attached hydrogen (secondary N) is 1. The van der Waals surface area contributed by atoms with Crippen LogP contribution in [0.3, 0.4) is 0 Å². The van der Waals surface area contributed by atoms with Gasteiger partial charge in [0.25, 0.3) is 0 Å². The molecule has 0 spiro atoms. The highest BCUT2D eigenvalue weighted by atomic mass is 79.9. The molecule has 0 amide bonds. The molecule has 0 saturated heterocycles. The lowest BCUT2D eigenvalue weighted by Gasteiger charge is -2.17. The van der Waals surface area contributed by atoms with Crippen molar-refractivity contribution in [3.05, 3.63) is 46.1 Å². The summed E-state index contributed by atoms with van der Waals surface area (Å²) in [6.07, 6.45) is 1.02. The Morgan fingerprint density at radius 1 is 1.39 bits per heavy atom. The Labute approximate surface area is 116 Å². The van der Waals surface area contributed by atoms with Gasteiger partial charge in [-0.3, -0.25) is 4.68 Å². The first-order valence-electron chi connectivity index (χ1n) is 6.12. The summed E-state index contributed by atoms with van der Waals surface area (Å²) in [5.74, 6) is 0.932. The molecule has 2 rings (SSSR count). The minimum atomic E-state index is 0.289. The van der Waals surface area contributed by atoms with Crippen LogP contribution in [0.5, 0.6) is 0 Å². The van der Waals surface area contributed by atoms with Crippen molar-refractivity contribution in [3.8, 4) is 0 Å². The molecule has 1 aromatic carbocycles. The van der Waals surface area contributed by atoms with E-state index in [0.717, 1.165) is 22.4 Å². The third kappa shape index (κ3) is 2.93.